The Bertz CT molecular complexity index is 698. The summed E-state index contributed by atoms with van der Waals surface area (Å²) in [4.78, 5) is 8.13. The van der Waals surface area contributed by atoms with Crippen LogP contribution >= 0.6 is 11.6 Å². The van der Waals surface area contributed by atoms with Gasteiger partial charge in [-0.25, -0.2) is 9.97 Å². The molecule has 1 aliphatic heterocycles. The van der Waals surface area contributed by atoms with Gasteiger partial charge in [0, 0.05) is 19.7 Å². The average molecular weight is 337 g/mol. The molecule has 122 valence electrons. The zero-order valence-electron chi connectivity index (χ0n) is 12.5. The van der Waals surface area contributed by atoms with Gasteiger partial charge in [-0.05, 0) is 17.7 Å². The molecule has 0 fully saturated rings. The molecule has 2 heterocycles. The van der Waals surface area contributed by atoms with Crippen molar-refractivity contribution in [2.24, 2.45) is 0 Å². The molecule has 0 spiro atoms. The molecule has 1 unspecified atom stereocenters. The number of benzene rings is 1. The van der Waals surface area contributed by atoms with Crippen molar-refractivity contribution in [1.29, 1.82) is 0 Å². The number of hydrogen-bond acceptors (Lipinski definition) is 7. The molecule has 7 nitrogen and oxygen atoms in total. The fourth-order valence-corrected chi connectivity index (χ4v) is 2.51. The molecule has 0 radical (unpaired) electrons. The van der Waals surface area contributed by atoms with Crippen LogP contribution < -0.4 is 20.1 Å². The highest BCUT2D eigenvalue weighted by molar-refractivity contribution is 6.32. The SMILES string of the molecule is CNc1cc(NCC(O)c2cc(Cl)c3c(c2)OCCO3)ncn1. The van der Waals surface area contributed by atoms with E-state index in [1.54, 1.807) is 25.2 Å². The summed E-state index contributed by atoms with van der Waals surface area (Å²) in [5.41, 5.74) is 0.648. The Balaban J connectivity index is 1.70. The number of hydrogen-bond donors (Lipinski definition) is 3. The number of anilines is 2. The molecule has 2 aromatic rings. The van der Waals surface area contributed by atoms with Crippen LogP contribution in [0.4, 0.5) is 11.6 Å². The number of rotatable bonds is 5. The quantitative estimate of drug-likeness (QED) is 0.770. The van der Waals surface area contributed by atoms with Gasteiger partial charge in [-0.3, -0.25) is 0 Å². The van der Waals surface area contributed by atoms with Gasteiger partial charge in [0.05, 0.1) is 11.1 Å². The minimum Gasteiger partial charge on any atom is -0.486 e. The van der Waals surface area contributed by atoms with E-state index in [2.05, 4.69) is 20.6 Å². The van der Waals surface area contributed by atoms with Crippen LogP contribution in [0.1, 0.15) is 11.7 Å². The maximum absolute atomic E-state index is 10.4. The highest BCUT2D eigenvalue weighted by Gasteiger charge is 2.19. The maximum atomic E-state index is 10.4. The first-order chi connectivity index (χ1) is 11.2. The normalized spacial score (nSPS) is 14.2. The van der Waals surface area contributed by atoms with Crippen molar-refractivity contribution in [1.82, 2.24) is 9.97 Å². The number of halogens is 1. The van der Waals surface area contributed by atoms with Gasteiger partial charge in [0.2, 0.25) is 0 Å². The molecule has 3 N–H and O–H groups in total. The summed E-state index contributed by atoms with van der Waals surface area (Å²) < 4.78 is 11.0. The van der Waals surface area contributed by atoms with Crippen molar-refractivity contribution in [2.45, 2.75) is 6.10 Å². The van der Waals surface area contributed by atoms with E-state index in [9.17, 15) is 5.11 Å². The van der Waals surface area contributed by atoms with Crippen molar-refractivity contribution in [3.8, 4) is 11.5 Å². The Morgan fingerprint density at radius 1 is 1.22 bits per heavy atom. The molecule has 23 heavy (non-hydrogen) atoms. The molecule has 0 bridgehead atoms. The zero-order valence-corrected chi connectivity index (χ0v) is 13.3. The second-order valence-corrected chi connectivity index (χ2v) is 5.37. The summed E-state index contributed by atoms with van der Waals surface area (Å²) in [6.45, 7) is 1.21. The fraction of sp³-hybridized carbons (Fsp3) is 0.333. The summed E-state index contributed by atoms with van der Waals surface area (Å²) in [7, 11) is 1.78. The van der Waals surface area contributed by atoms with Crippen LogP contribution in [0.5, 0.6) is 11.5 Å². The second-order valence-electron chi connectivity index (χ2n) is 4.96. The molecule has 0 aliphatic carbocycles. The van der Waals surface area contributed by atoms with Gasteiger partial charge in [-0.2, -0.15) is 0 Å². The van der Waals surface area contributed by atoms with Crippen molar-refractivity contribution in [3.63, 3.8) is 0 Å². The van der Waals surface area contributed by atoms with Gasteiger partial charge in [0.15, 0.2) is 11.5 Å². The third-order valence-electron chi connectivity index (χ3n) is 3.40. The topological polar surface area (TPSA) is 88.5 Å². The molecule has 1 atom stereocenters. The first-order valence-electron chi connectivity index (χ1n) is 7.18. The van der Waals surface area contributed by atoms with Crippen molar-refractivity contribution in [3.05, 3.63) is 35.1 Å². The predicted molar refractivity (Wildman–Crippen MR) is 87.5 cm³/mol. The van der Waals surface area contributed by atoms with Crippen LogP contribution in [0.2, 0.25) is 5.02 Å². The van der Waals surface area contributed by atoms with Crippen molar-refractivity contribution in [2.75, 3.05) is 37.4 Å². The standard InChI is InChI=1S/C15H17ClN4O3/c1-17-13-6-14(20-8-19-13)18-7-11(21)9-4-10(16)15-12(5-9)22-2-3-23-15/h4-6,8,11,21H,2-3,7H2,1H3,(H2,17,18,19,20). The Labute approximate surface area is 138 Å². The van der Waals surface area contributed by atoms with E-state index in [4.69, 9.17) is 21.1 Å². The third kappa shape index (κ3) is 3.57. The van der Waals surface area contributed by atoms with Gasteiger partial charge < -0.3 is 25.2 Å². The maximum Gasteiger partial charge on any atom is 0.179 e. The second kappa shape index (κ2) is 6.89. The molecule has 0 saturated carbocycles. The van der Waals surface area contributed by atoms with Gasteiger partial charge in [-0.15, -0.1) is 0 Å². The van der Waals surface area contributed by atoms with Crippen LogP contribution in [0.15, 0.2) is 24.5 Å². The lowest BCUT2D eigenvalue weighted by Crippen LogP contribution is -2.17. The summed E-state index contributed by atoms with van der Waals surface area (Å²) in [5.74, 6) is 2.39. The largest absolute Gasteiger partial charge is 0.486 e. The van der Waals surface area contributed by atoms with Crippen LogP contribution in [0, 0.1) is 0 Å². The van der Waals surface area contributed by atoms with E-state index in [1.165, 1.54) is 6.33 Å². The lowest BCUT2D eigenvalue weighted by Gasteiger charge is -2.21. The van der Waals surface area contributed by atoms with E-state index in [-0.39, 0.29) is 6.54 Å². The predicted octanol–water partition coefficient (Wildman–Crippen LogP) is 2.09. The van der Waals surface area contributed by atoms with E-state index < -0.39 is 6.10 Å². The Kier molecular flexibility index (Phi) is 4.68. The van der Waals surface area contributed by atoms with Gasteiger partial charge >= 0.3 is 0 Å². The van der Waals surface area contributed by atoms with Crippen molar-refractivity contribution < 1.29 is 14.6 Å². The van der Waals surface area contributed by atoms with E-state index >= 15 is 0 Å². The van der Waals surface area contributed by atoms with Crippen molar-refractivity contribution >= 4 is 23.2 Å². The van der Waals surface area contributed by atoms with Crippen LogP contribution in [0.3, 0.4) is 0 Å². The monoisotopic (exact) mass is 336 g/mol. The van der Waals surface area contributed by atoms with E-state index in [0.717, 1.165) is 0 Å². The van der Waals surface area contributed by atoms with Gasteiger partial charge in [-0.1, -0.05) is 11.6 Å². The molecule has 8 heteroatoms. The first-order valence-corrected chi connectivity index (χ1v) is 7.56. The number of ether oxygens (including phenoxy) is 2. The summed E-state index contributed by atoms with van der Waals surface area (Å²) >= 11 is 6.18. The molecular weight excluding hydrogens is 320 g/mol. The third-order valence-corrected chi connectivity index (χ3v) is 3.68. The summed E-state index contributed by atoms with van der Waals surface area (Å²) in [6, 6.07) is 5.18. The van der Waals surface area contributed by atoms with E-state index in [0.29, 0.717) is 46.9 Å². The number of aliphatic hydroxyl groups excluding tert-OH is 1. The number of nitrogens with one attached hydrogen (secondary N) is 2. The number of fused-ring (bicyclic) bond motifs is 1. The number of nitrogens with zero attached hydrogens (tertiary/aromatic N) is 2. The Morgan fingerprint density at radius 3 is 2.83 bits per heavy atom. The zero-order chi connectivity index (χ0) is 16.2. The molecular formula is C15H17ClN4O3. The molecule has 1 aromatic carbocycles. The molecule has 1 aliphatic rings. The molecule has 1 aromatic heterocycles. The summed E-state index contributed by atoms with van der Waals surface area (Å²) in [6.07, 6.45) is 0.679. The number of aliphatic hydroxyl groups is 1. The first kappa shape index (κ1) is 15.6. The molecule has 0 saturated heterocycles. The van der Waals surface area contributed by atoms with Crippen LogP contribution in [-0.2, 0) is 0 Å². The van der Waals surface area contributed by atoms with Crippen LogP contribution in [-0.4, -0.2) is 41.9 Å². The highest BCUT2D eigenvalue weighted by atomic mass is 35.5. The number of aromatic nitrogens is 2. The molecule has 3 rings (SSSR count). The van der Waals surface area contributed by atoms with E-state index in [1.807, 2.05) is 0 Å². The minimum atomic E-state index is -0.767. The van der Waals surface area contributed by atoms with Gasteiger partial charge in [0.1, 0.15) is 31.2 Å². The smallest absolute Gasteiger partial charge is 0.179 e. The van der Waals surface area contributed by atoms with Crippen LogP contribution in [0.25, 0.3) is 0 Å². The minimum absolute atomic E-state index is 0.274. The lowest BCUT2D eigenvalue weighted by molar-refractivity contribution is 0.167. The highest BCUT2D eigenvalue weighted by Crippen LogP contribution is 2.39. The Hall–Kier alpha value is -2.25. The average Bonchev–Trinajstić information content (AvgIpc) is 2.60. The molecule has 0 amide bonds. The summed E-state index contributed by atoms with van der Waals surface area (Å²) in [5, 5.41) is 16.8. The Morgan fingerprint density at radius 2 is 2.00 bits per heavy atom. The fourth-order valence-electron chi connectivity index (χ4n) is 2.23. The lowest BCUT2D eigenvalue weighted by atomic mass is 10.1. The van der Waals surface area contributed by atoms with Gasteiger partial charge in [0.25, 0.3) is 0 Å².